The maximum absolute atomic E-state index is 13.5. The molecule has 0 aliphatic carbocycles. The number of carbonyl (C=O) groups is 1. The predicted molar refractivity (Wildman–Crippen MR) is 105 cm³/mol. The minimum atomic E-state index is -3.69. The van der Waals surface area contributed by atoms with Gasteiger partial charge in [0.05, 0.1) is 25.3 Å². The van der Waals surface area contributed by atoms with Crippen LogP contribution in [0, 0.1) is 11.8 Å². The molecule has 0 radical (unpaired) electrons. The molecule has 10 nitrogen and oxygen atoms in total. The minimum absolute atomic E-state index is 0.104. The summed E-state index contributed by atoms with van der Waals surface area (Å²) >= 11 is 0. The Morgan fingerprint density at radius 3 is 2.33 bits per heavy atom. The quantitative estimate of drug-likeness (QED) is 0.739. The van der Waals surface area contributed by atoms with Gasteiger partial charge >= 0.3 is 0 Å². The maximum atomic E-state index is 13.5. The average Bonchev–Trinajstić information content (AvgIpc) is 3.53. The number of fused-ring (bicyclic) bond motifs is 5. The third-order valence-electron chi connectivity index (χ3n) is 6.66. The van der Waals surface area contributed by atoms with Crippen molar-refractivity contribution in [3.05, 3.63) is 30.1 Å². The largest absolute Gasteiger partial charge is 0.493 e. The summed E-state index contributed by atoms with van der Waals surface area (Å²) in [5.74, 6) is 0.977. The van der Waals surface area contributed by atoms with E-state index in [9.17, 15) is 13.2 Å². The number of H-pyrrole nitrogens is 1. The molecule has 3 aliphatic rings. The van der Waals surface area contributed by atoms with Crippen LogP contribution in [0.15, 0.2) is 29.3 Å². The van der Waals surface area contributed by atoms with Crippen molar-refractivity contribution in [1.29, 1.82) is 0 Å². The van der Waals surface area contributed by atoms with Crippen LogP contribution in [-0.4, -0.2) is 78.3 Å². The van der Waals surface area contributed by atoms with Crippen LogP contribution in [0.3, 0.4) is 0 Å². The topological polar surface area (TPSA) is 118 Å². The minimum Gasteiger partial charge on any atom is -0.493 e. The zero-order valence-electron chi connectivity index (χ0n) is 16.7. The van der Waals surface area contributed by atoms with Crippen LogP contribution in [-0.2, 0) is 10.0 Å². The lowest BCUT2D eigenvalue weighted by atomic mass is 9.82. The number of sulfonamides is 1. The van der Waals surface area contributed by atoms with Crippen molar-refractivity contribution in [2.45, 2.75) is 29.8 Å². The van der Waals surface area contributed by atoms with E-state index in [1.54, 1.807) is 21.3 Å². The Morgan fingerprint density at radius 1 is 1.10 bits per heavy atom. The summed E-state index contributed by atoms with van der Waals surface area (Å²) in [5, 5.41) is 10.0. The summed E-state index contributed by atoms with van der Waals surface area (Å²) in [5.41, 5.74) is 0.289. The highest BCUT2D eigenvalue weighted by Crippen LogP contribution is 2.51. The summed E-state index contributed by atoms with van der Waals surface area (Å²) in [6.07, 6.45) is 3.04. The number of aromatic nitrogens is 3. The summed E-state index contributed by atoms with van der Waals surface area (Å²) < 4.78 is 39.2. The summed E-state index contributed by atoms with van der Waals surface area (Å²) in [7, 11) is -0.689. The van der Waals surface area contributed by atoms with Gasteiger partial charge in [0, 0.05) is 31.2 Å². The number of amides is 1. The number of likely N-dealkylation sites (tertiary alicyclic amines) is 1. The Morgan fingerprint density at radius 2 is 1.77 bits per heavy atom. The molecule has 3 saturated heterocycles. The highest BCUT2D eigenvalue weighted by molar-refractivity contribution is 7.89. The van der Waals surface area contributed by atoms with Crippen molar-refractivity contribution in [1.82, 2.24) is 24.6 Å². The smallest absolute Gasteiger partial charge is 0.276 e. The second-order valence-corrected chi connectivity index (χ2v) is 9.80. The first-order valence-corrected chi connectivity index (χ1v) is 11.3. The summed E-state index contributed by atoms with van der Waals surface area (Å²) in [6.45, 7) is 1.07. The molecule has 1 aromatic heterocycles. The third-order valence-corrected chi connectivity index (χ3v) is 8.61. The second-order valence-electron chi connectivity index (χ2n) is 7.96. The number of hydrogen-bond donors (Lipinski definition) is 1. The third kappa shape index (κ3) is 2.72. The van der Waals surface area contributed by atoms with E-state index in [2.05, 4.69) is 15.4 Å². The number of methoxy groups -OCH3 is 2. The highest BCUT2D eigenvalue weighted by Gasteiger charge is 2.60. The normalized spacial score (nSPS) is 28.0. The Labute approximate surface area is 174 Å². The van der Waals surface area contributed by atoms with E-state index in [4.69, 9.17) is 9.47 Å². The van der Waals surface area contributed by atoms with Gasteiger partial charge in [-0.15, -0.1) is 0 Å². The van der Waals surface area contributed by atoms with Crippen molar-refractivity contribution in [2.24, 2.45) is 11.8 Å². The number of aromatic amines is 1. The predicted octanol–water partition coefficient (Wildman–Crippen LogP) is 0.746. The van der Waals surface area contributed by atoms with Crippen LogP contribution in [0.4, 0.5) is 0 Å². The van der Waals surface area contributed by atoms with Gasteiger partial charge in [-0.05, 0) is 36.8 Å². The van der Waals surface area contributed by atoms with Crippen LogP contribution in [0.25, 0.3) is 0 Å². The Hall–Kier alpha value is -2.66. The van der Waals surface area contributed by atoms with E-state index >= 15 is 0 Å². The van der Waals surface area contributed by atoms with Gasteiger partial charge in [0.1, 0.15) is 0 Å². The van der Waals surface area contributed by atoms with E-state index in [0.29, 0.717) is 24.6 Å². The van der Waals surface area contributed by atoms with Gasteiger partial charge < -0.3 is 14.4 Å². The molecule has 3 aliphatic heterocycles. The number of carbonyl (C=O) groups excluding carboxylic acids is 1. The van der Waals surface area contributed by atoms with Gasteiger partial charge in [-0.25, -0.2) is 8.42 Å². The number of rotatable bonds is 5. The molecule has 0 unspecified atom stereocenters. The highest BCUT2D eigenvalue weighted by atomic mass is 32.2. The molecular weight excluding hydrogens is 410 g/mol. The van der Waals surface area contributed by atoms with Crippen LogP contribution < -0.4 is 9.47 Å². The van der Waals surface area contributed by atoms with Crippen LogP contribution in [0.1, 0.15) is 23.3 Å². The van der Waals surface area contributed by atoms with Crippen molar-refractivity contribution >= 4 is 15.9 Å². The lowest BCUT2D eigenvalue weighted by Gasteiger charge is -2.26. The van der Waals surface area contributed by atoms with Gasteiger partial charge in [0.2, 0.25) is 10.0 Å². The molecule has 1 aromatic carbocycles. The van der Waals surface area contributed by atoms with E-state index < -0.39 is 10.0 Å². The molecule has 4 heterocycles. The summed E-state index contributed by atoms with van der Waals surface area (Å²) in [4.78, 5) is 14.6. The lowest BCUT2D eigenvalue weighted by Crippen LogP contribution is -2.41. The van der Waals surface area contributed by atoms with Crippen molar-refractivity contribution < 1.29 is 22.7 Å². The van der Waals surface area contributed by atoms with Gasteiger partial charge in [0.15, 0.2) is 17.2 Å². The Bertz CT molecular complexity index is 1050. The molecule has 0 spiro atoms. The van der Waals surface area contributed by atoms with E-state index in [1.807, 2.05) is 0 Å². The zero-order valence-corrected chi connectivity index (χ0v) is 17.5. The molecule has 3 fully saturated rings. The monoisotopic (exact) mass is 433 g/mol. The Kier molecular flexibility index (Phi) is 4.47. The first kappa shape index (κ1) is 19.3. The molecule has 2 bridgehead atoms. The van der Waals surface area contributed by atoms with Crippen LogP contribution in [0.5, 0.6) is 11.5 Å². The van der Waals surface area contributed by atoms with Crippen molar-refractivity contribution in [3.8, 4) is 11.5 Å². The molecule has 30 heavy (non-hydrogen) atoms. The molecule has 4 atom stereocenters. The van der Waals surface area contributed by atoms with Gasteiger partial charge in [-0.3, -0.25) is 4.79 Å². The fourth-order valence-corrected chi connectivity index (χ4v) is 7.38. The molecule has 11 heteroatoms. The first-order chi connectivity index (χ1) is 14.5. The van der Waals surface area contributed by atoms with Gasteiger partial charge in [-0.1, -0.05) is 0 Å². The number of ether oxygens (including phenoxy) is 2. The van der Waals surface area contributed by atoms with E-state index in [-0.39, 0.29) is 40.4 Å². The summed E-state index contributed by atoms with van der Waals surface area (Å²) in [6, 6.07) is 4.48. The molecule has 160 valence electrons. The van der Waals surface area contributed by atoms with Crippen LogP contribution in [0.2, 0.25) is 0 Å². The van der Waals surface area contributed by atoms with Gasteiger partial charge in [0.25, 0.3) is 5.91 Å². The molecule has 0 saturated carbocycles. The SMILES string of the molecule is COc1ccc(S(=O)(=O)N2[C@@H]3CC[C@H]2[C@@H]2CN(C(=O)c4cn[nH]n4)C[C@@H]23)cc1OC. The number of benzene rings is 1. The fraction of sp³-hybridized carbons (Fsp3) is 0.526. The average molecular weight is 433 g/mol. The standard InChI is InChI=1S/C19H23N5O5S/c1-28-17-6-3-11(7-18(17)29-2)30(26,27)24-15-4-5-16(24)13-10-23(9-12(13)15)19(25)14-8-20-22-21-14/h3,6-8,12-13,15-16H,4-5,9-10H2,1-2H3,(H,20,21,22)/t12-,13+,15+,16-. The number of nitrogens with zero attached hydrogens (tertiary/aromatic N) is 4. The fourth-order valence-electron chi connectivity index (χ4n) is 5.40. The Balaban J connectivity index is 1.40. The van der Waals surface area contributed by atoms with E-state index in [0.717, 1.165) is 12.8 Å². The molecule has 5 rings (SSSR count). The zero-order chi connectivity index (χ0) is 21.0. The van der Waals surface area contributed by atoms with Gasteiger partial charge in [-0.2, -0.15) is 19.7 Å². The van der Waals surface area contributed by atoms with Crippen LogP contribution >= 0.6 is 0 Å². The molecule has 1 amide bonds. The lowest BCUT2D eigenvalue weighted by molar-refractivity contribution is 0.0767. The van der Waals surface area contributed by atoms with Crippen molar-refractivity contribution in [2.75, 3.05) is 27.3 Å². The molecular formula is C19H23N5O5S. The second kappa shape index (κ2) is 6.95. The number of hydrogen-bond acceptors (Lipinski definition) is 7. The maximum Gasteiger partial charge on any atom is 0.276 e. The number of nitrogens with one attached hydrogen (secondary N) is 1. The van der Waals surface area contributed by atoms with E-state index in [1.165, 1.54) is 26.5 Å². The first-order valence-electron chi connectivity index (χ1n) is 9.86. The molecule has 1 N–H and O–H groups in total. The van der Waals surface area contributed by atoms with Crippen molar-refractivity contribution in [3.63, 3.8) is 0 Å². The molecule has 2 aromatic rings.